The van der Waals surface area contributed by atoms with Gasteiger partial charge in [0.15, 0.2) is 6.10 Å². The van der Waals surface area contributed by atoms with E-state index in [9.17, 15) is 14.4 Å². The molecule has 2 aromatic carbocycles. The fraction of sp³-hybridized carbons (Fsp3) is 0.211. The van der Waals surface area contributed by atoms with Crippen molar-refractivity contribution in [2.24, 2.45) is 5.73 Å². The molecule has 0 aromatic heterocycles. The summed E-state index contributed by atoms with van der Waals surface area (Å²) in [4.78, 5) is 35.3. The zero-order valence-corrected chi connectivity index (χ0v) is 15.0. The maximum Gasteiger partial charge on any atom is 0.338 e. The van der Waals surface area contributed by atoms with Crippen LogP contribution in [-0.2, 0) is 16.1 Å². The van der Waals surface area contributed by atoms with Crippen LogP contribution in [0.3, 0.4) is 0 Å². The normalized spacial score (nSPS) is 11.2. The summed E-state index contributed by atoms with van der Waals surface area (Å²) in [6, 6.07) is 12.6. The van der Waals surface area contributed by atoms with Crippen molar-refractivity contribution in [1.82, 2.24) is 5.32 Å². The number of para-hydroxylation sites is 1. The third-order valence-corrected chi connectivity index (χ3v) is 3.66. The number of primary amides is 1. The number of esters is 1. The third-order valence-electron chi connectivity index (χ3n) is 3.66. The van der Waals surface area contributed by atoms with E-state index in [-0.39, 0.29) is 12.1 Å². The van der Waals surface area contributed by atoms with Crippen LogP contribution in [0.25, 0.3) is 0 Å². The number of urea groups is 1. The van der Waals surface area contributed by atoms with Crippen LogP contribution in [0, 0.1) is 0 Å². The fourth-order valence-corrected chi connectivity index (χ4v) is 2.32. The molecule has 0 radical (unpaired) electrons. The minimum atomic E-state index is -1.00. The molecule has 0 fully saturated rings. The molecule has 0 saturated carbocycles. The van der Waals surface area contributed by atoms with Gasteiger partial charge in [-0.25, -0.2) is 9.59 Å². The molecule has 0 unspecified atom stereocenters. The number of carbonyl (C=O) groups excluding carboxylic acids is 3. The average molecular weight is 371 g/mol. The minimum Gasteiger partial charge on any atom is -0.496 e. The predicted octanol–water partition coefficient (Wildman–Crippen LogP) is 2.05. The Morgan fingerprint density at radius 1 is 1.11 bits per heavy atom. The Bertz CT molecular complexity index is 838. The minimum absolute atomic E-state index is 0.186. The summed E-state index contributed by atoms with van der Waals surface area (Å²) in [6.07, 6.45) is -1.00. The highest BCUT2D eigenvalue weighted by Crippen LogP contribution is 2.17. The van der Waals surface area contributed by atoms with E-state index in [0.29, 0.717) is 11.4 Å². The number of ether oxygens (including phenoxy) is 2. The Balaban J connectivity index is 1.93. The van der Waals surface area contributed by atoms with Crippen molar-refractivity contribution in [3.05, 3.63) is 59.7 Å². The van der Waals surface area contributed by atoms with Gasteiger partial charge in [0.25, 0.3) is 5.91 Å². The van der Waals surface area contributed by atoms with Crippen molar-refractivity contribution in [2.75, 3.05) is 12.4 Å². The van der Waals surface area contributed by atoms with Crippen LogP contribution in [0.5, 0.6) is 5.75 Å². The lowest BCUT2D eigenvalue weighted by molar-refractivity contribution is -0.129. The van der Waals surface area contributed by atoms with Crippen LogP contribution in [0.2, 0.25) is 0 Å². The van der Waals surface area contributed by atoms with Gasteiger partial charge in [0, 0.05) is 17.8 Å². The second-order valence-corrected chi connectivity index (χ2v) is 5.65. The first-order valence-electron chi connectivity index (χ1n) is 8.18. The number of hydrogen-bond donors (Lipinski definition) is 3. The van der Waals surface area contributed by atoms with Gasteiger partial charge in [0.05, 0.1) is 12.7 Å². The fourth-order valence-electron chi connectivity index (χ4n) is 2.32. The van der Waals surface area contributed by atoms with Crippen LogP contribution in [-0.4, -0.2) is 31.1 Å². The molecule has 0 heterocycles. The number of carbonyl (C=O) groups is 3. The van der Waals surface area contributed by atoms with Gasteiger partial charge < -0.3 is 25.8 Å². The Hall–Kier alpha value is -3.55. The Morgan fingerprint density at radius 2 is 1.85 bits per heavy atom. The molecule has 3 amide bonds. The molecule has 8 heteroatoms. The molecule has 142 valence electrons. The number of nitrogens with one attached hydrogen (secondary N) is 2. The second kappa shape index (κ2) is 9.23. The Morgan fingerprint density at radius 3 is 2.56 bits per heavy atom. The summed E-state index contributed by atoms with van der Waals surface area (Å²) in [5, 5.41) is 5.06. The van der Waals surface area contributed by atoms with Gasteiger partial charge in [-0.05, 0) is 31.2 Å². The molecular weight excluding hydrogens is 350 g/mol. The first kappa shape index (κ1) is 19.8. The molecule has 0 saturated heterocycles. The highest BCUT2D eigenvalue weighted by atomic mass is 16.5. The number of hydrogen-bond acceptors (Lipinski definition) is 5. The standard InChI is InChI=1S/C19H21N3O5/c1-12(17(23)21-11-14-6-3-4-9-16(14)26-2)27-18(24)13-7-5-8-15(10-13)22-19(20)25/h3-10,12H,11H2,1-2H3,(H,21,23)(H3,20,22,25)/t12-/m0/s1. The van der Waals surface area contributed by atoms with Gasteiger partial charge in [-0.2, -0.15) is 0 Å². The summed E-state index contributed by atoms with van der Waals surface area (Å²) >= 11 is 0. The van der Waals surface area contributed by atoms with Gasteiger partial charge in [-0.1, -0.05) is 24.3 Å². The van der Waals surface area contributed by atoms with Gasteiger partial charge in [0.1, 0.15) is 5.75 Å². The van der Waals surface area contributed by atoms with E-state index in [1.807, 2.05) is 18.2 Å². The van der Waals surface area contributed by atoms with E-state index in [1.165, 1.54) is 19.1 Å². The lowest BCUT2D eigenvalue weighted by Crippen LogP contribution is -2.35. The van der Waals surface area contributed by atoms with Gasteiger partial charge in [0.2, 0.25) is 0 Å². The van der Waals surface area contributed by atoms with Crippen molar-refractivity contribution in [1.29, 1.82) is 0 Å². The van der Waals surface area contributed by atoms with E-state index >= 15 is 0 Å². The number of anilines is 1. The molecule has 0 spiro atoms. The maximum absolute atomic E-state index is 12.2. The van der Waals surface area contributed by atoms with E-state index < -0.39 is 24.0 Å². The van der Waals surface area contributed by atoms with Crippen LogP contribution in [0.4, 0.5) is 10.5 Å². The molecule has 0 aliphatic carbocycles. The molecule has 0 aliphatic heterocycles. The molecule has 2 aromatic rings. The van der Waals surface area contributed by atoms with Crippen LogP contribution >= 0.6 is 0 Å². The summed E-state index contributed by atoms with van der Waals surface area (Å²) in [5.41, 5.74) is 6.39. The van der Waals surface area contributed by atoms with E-state index in [1.54, 1.807) is 25.3 Å². The molecule has 1 atom stereocenters. The summed E-state index contributed by atoms with van der Waals surface area (Å²) in [6.45, 7) is 1.71. The van der Waals surface area contributed by atoms with Crippen molar-refractivity contribution in [3.63, 3.8) is 0 Å². The van der Waals surface area contributed by atoms with E-state index in [0.717, 1.165) is 5.56 Å². The lowest BCUT2D eigenvalue weighted by atomic mass is 10.2. The largest absolute Gasteiger partial charge is 0.496 e. The Labute approximate surface area is 156 Å². The molecule has 4 N–H and O–H groups in total. The first-order chi connectivity index (χ1) is 12.9. The highest BCUT2D eigenvalue weighted by Gasteiger charge is 2.19. The summed E-state index contributed by atoms with van der Waals surface area (Å²) < 4.78 is 10.4. The predicted molar refractivity (Wildman–Crippen MR) is 99.4 cm³/mol. The van der Waals surface area contributed by atoms with E-state index in [2.05, 4.69) is 10.6 Å². The number of benzene rings is 2. The van der Waals surface area contributed by atoms with Crippen LogP contribution < -0.4 is 21.1 Å². The second-order valence-electron chi connectivity index (χ2n) is 5.65. The SMILES string of the molecule is COc1ccccc1CNC(=O)[C@H](C)OC(=O)c1cccc(NC(N)=O)c1. The van der Waals surface area contributed by atoms with Gasteiger partial charge in [-0.15, -0.1) is 0 Å². The lowest BCUT2D eigenvalue weighted by Gasteiger charge is -2.15. The van der Waals surface area contributed by atoms with Crippen molar-refractivity contribution < 1.29 is 23.9 Å². The van der Waals surface area contributed by atoms with Crippen molar-refractivity contribution >= 4 is 23.6 Å². The smallest absolute Gasteiger partial charge is 0.338 e. The monoisotopic (exact) mass is 371 g/mol. The summed E-state index contributed by atoms with van der Waals surface area (Å²) in [5.74, 6) is -0.482. The zero-order chi connectivity index (χ0) is 19.8. The van der Waals surface area contributed by atoms with Crippen LogP contribution in [0.15, 0.2) is 48.5 Å². The van der Waals surface area contributed by atoms with Crippen molar-refractivity contribution in [2.45, 2.75) is 19.6 Å². The van der Waals surface area contributed by atoms with Gasteiger partial charge >= 0.3 is 12.0 Å². The topological polar surface area (TPSA) is 120 Å². The first-order valence-corrected chi connectivity index (χ1v) is 8.18. The summed E-state index contributed by atoms with van der Waals surface area (Å²) in [7, 11) is 1.55. The quantitative estimate of drug-likeness (QED) is 0.644. The van der Waals surface area contributed by atoms with Gasteiger partial charge in [-0.3, -0.25) is 4.79 Å². The number of amides is 3. The number of rotatable bonds is 7. The number of methoxy groups -OCH3 is 1. The van der Waals surface area contributed by atoms with Crippen molar-refractivity contribution in [3.8, 4) is 5.75 Å². The molecule has 8 nitrogen and oxygen atoms in total. The average Bonchev–Trinajstić information content (AvgIpc) is 2.65. The Kier molecular flexibility index (Phi) is 6.76. The number of nitrogens with two attached hydrogens (primary N) is 1. The maximum atomic E-state index is 12.2. The molecule has 0 aliphatic rings. The molecule has 27 heavy (non-hydrogen) atoms. The van der Waals surface area contributed by atoms with E-state index in [4.69, 9.17) is 15.2 Å². The molecular formula is C19H21N3O5. The third kappa shape index (κ3) is 5.74. The molecule has 2 rings (SSSR count). The zero-order valence-electron chi connectivity index (χ0n) is 15.0. The molecule has 0 bridgehead atoms. The highest BCUT2D eigenvalue weighted by molar-refractivity contribution is 5.94. The van der Waals surface area contributed by atoms with Crippen LogP contribution in [0.1, 0.15) is 22.8 Å².